The third kappa shape index (κ3) is 7.06. The van der Waals surface area contributed by atoms with Gasteiger partial charge in [0.25, 0.3) is 5.91 Å². The van der Waals surface area contributed by atoms with E-state index in [2.05, 4.69) is 93.4 Å². The maximum absolute atomic E-state index is 13.8. The lowest BCUT2D eigenvalue weighted by atomic mass is 9.94. The quantitative estimate of drug-likeness (QED) is 0.204. The number of imidazole rings is 1. The van der Waals surface area contributed by atoms with Gasteiger partial charge in [-0.05, 0) is 55.0 Å². The fourth-order valence-electron chi connectivity index (χ4n) is 5.66. The molecule has 42 heavy (non-hydrogen) atoms. The van der Waals surface area contributed by atoms with Gasteiger partial charge in [-0.3, -0.25) is 9.69 Å². The number of carbonyl (C=O) groups excluding carboxylic acids is 2. The fourth-order valence-corrected chi connectivity index (χ4v) is 5.66. The lowest BCUT2D eigenvalue weighted by Gasteiger charge is -2.38. The summed E-state index contributed by atoms with van der Waals surface area (Å²) in [6.07, 6.45) is 8.80. The maximum Gasteiger partial charge on any atom is 0.319 e. The van der Waals surface area contributed by atoms with Crippen molar-refractivity contribution in [2.45, 2.75) is 51.6 Å². The second-order valence-electron chi connectivity index (χ2n) is 10.9. The molecular weight excluding hydrogens is 524 g/mol. The van der Waals surface area contributed by atoms with Crippen LogP contribution < -0.4 is 16.0 Å². The van der Waals surface area contributed by atoms with Crippen molar-refractivity contribution in [1.82, 2.24) is 25.1 Å². The molecule has 8 heteroatoms. The summed E-state index contributed by atoms with van der Waals surface area (Å²) < 4.78 is 1.86. The number of unbranched alkanes of at least 4 members (excludes halogenated alkanes) is 1. The molecule has 1 fully saturated rings. The van der Waals surface area contributed by atoms with E-state index in [-0.39, 0.29) is 24.0 Å². The number of likely N-dealkylation sites (tertiary alicyclic amines) is 1. The first-order valence-electron chi connectivity index (χ1n) is 14.9. The van der Waals surface area contributed by atoms with E-state index in [1.54, 1.807) is 12.5 Å². The van der Waals surface area contributed by atoms with Crippen LogP contribution in [-0.4, -0.2) is 52.1 Å². The summed E-state index contributed by atoms with van der Waals surface area (Å²) in [6.45, 7) is 6.29. The van der Waals surface area contributed by atoms with Crippen LogP contribution in [-0.2, 0) is 0 Å². The van der Waals surface area contributed by atoms with E-state index in [1.807, 2.05) is 29.8 Å². The van der Waals surface area contributed by atoms with Crippen molar-refractivity contribution in [2.75, 3.05) is 25.0 Å². The first kappa shape index (κ1) is 29.1. The number of rotatable bonds is 10. The summed E-state index contributed by atoms with van der Waals surface area (Å²) in [5.41, 5.74) is 5.13. The lowest BCUT2D eigenvalue weighted by Crippen LogP contribution is -2.46. The van der Waals surface area contributed by atoms with Gasteiger partial charge in [-0.15, -0.1) is 0 Å². The Morgan fingerprint density at radius 3 is 2.24 bits per heavy atom. The lowest BCUT2D eigenvalue weighted by molar-refractivity contribution is 0.0901. The van der Waals surface area contributed by atoms with Crippen molar-refractivity contribution in [1.29, 1.82) is 0 Å². The molecule has 1 saturated heterocycles. The van der Waals surface area contributed by atoms with Crippen LogP contribution in [0.5, 0.6) is 0 Å². The number of aromatic nitrogens is 2. The van der Waals surface area contributed by atoms with Crippen LogP contribution in [0.4, 0.5) is 10.5 Å². The van der Waals surface area contributed by atoms with E-state index in [0.717, 1.165) is 50.0 Å². The Balaban J connectivity index is 1.31. The number of nitrogens with zero attached hydrogens (tertiary/aromatic N) is 3. The third-order valence-electron chi connectivity index (χ3n) is 7.88. The van der Waals surface area contributed by atoms with Gasteiger partial charge >= 0.3 is 6.03 Å². The van der Waals surface area contributed by atoms with Crippen LogP contribution in [0.2, 0.25) is 0 Å². The van der Waals surface area contributed by atoms with E-state index in [9.17, 15) is 9.59 Å². The van der Waals surface area contributed by atoms with Gasteiger partial charge in [0.1, 0.15) is 0 Å². The molecule has 0 bridgehead atoms. The number of benzene rings is 3. The zero-order valence-corrected chi connectivity index (χ0v) is 24.4. The summed E-state index contributed by atoms with van der Waals surface area (Å²) in [5.74, 6) is -0.190. The molecule has 3 aromatic carbocycles. The van der Waals surface area contributed by atoms with Crippen LogP contribution in [0.3, 0.4) is 0 Å². The minimum absolute atomic E-state index is 0.0318. The smallest absolute Gasteiger partial charge is 0.319 e. The molecule has 1 aliphatic rings. The van der Waals surface area contributed by atoms with Gasteiger partial charge < -0.3 is 20.5 Å². The highest BCUT2D eigenvalue weighted by atomic mass is 16.2. The molecule has 1 aromatic heterocycles. The van der Waals surface area contributed by atoms with Gasteiger partial charge in [0, 0.05) is 43.8 Å². The predicted octanol–water partition coefficient (Wildman–Crippen LogP) is 6.09. The number of urea groups is 1. The summed E-state index contributed by atoms with van der Waals surface area (Å²) in [6, 6.07) is 24.9. The van der Waals surface area contributed by atoms with Crippen LogP contribution in [0, 0.1) is 6.92 Å². The zero-order chi connectivity index (χ0) is 29.3. The molecule has 5 rings (SSSR count). The zero-order valence-electron chi connectivity index (χ0n) is 24.4. The van der Waals surface area contributed by atoms with Gasteiger partial charge in [0.15, 0.2) is 0 Å². The number of piperidine rings is 1. The van der Waals surface area contributed by atoms with Crippen molar-refractivity contribution < 1.29 is 9.59 Å². The molecule has 3 N–H and O–H groups in total. The SMILES string of the molecule is CCCCNC(=O)Nc1c(C)cc(-n2ccnc2)cc1C(=O)NC1CCN(C(c2ccccc2)c2ccccc2)CC1. The number of hydrogen-bond acceptors (Lipinski definition) is 4. The highest BCUT2D eigenvalue weighted by Crippen LogP contribution is 2.31. The second-order valence-corrected chi connectivity index (χ2v) is 10.9. The van der Waals surface area contributed by atoms with Crippen molar-refractivity contribution in [3.63, 3.8) is 0 Å². The number of aryl methyl sites for hydroxylation is 1. The van der Waals surface area contributed by atoms with Crippen molar-refractivity contribution in [3.05, 3.63) is 114 Å². The Morgan fingerprint density at radius 1 is 0.976 bits per heavy atom. The molecule has 8 nitrogen and oxygen atoms in total. The summed E-state index contributed by atoms with van der Waals surface area (Å²) in [4.78, 5) is 33.1. The summed E-state index contributed by atoms with van der Waals surface area (Å²) >= 11 is 0. The normalized spacial score (nSPS) is 14.1. The van der Waals surface area contributed by atoms with E-state index >= 15 is 0 Å². The topological polar surface area (TPSA) is 91.3 Å². The number of anilines is 1. The molecule has 2 heterocycles. The fraction of sp³-hybridized carbons (Fsp3) is 0.324. The van der Waals surface area contributed by atoms with Crippen LogP contribution in [0.15, 0.2) is 91.5 Å². The standard InChI is InChI=1S/C34H40N6O2/c1-3-4-17-36-34(42)38-31-25(2)22-29(40-21-18-35-24-40)23-30(31)33(41)37-28-15-19-39(20-16-28)32(26-11-7-5-8-12-26)27-13-9-6-10-14-27/h5-14,18,21-24,28,32H,3-4,15-17,19-20H2,1-2H3,(H,37,41)(H2,36,38,42). The minimum atomic E-state index is -0.308. The Bertz CT molecular complexity index is 1410. The van der Waals surface area contributed by atoms with Crippen molar-refractivity contribution >= 4 is 17.6 Å². The molecule has 0 atom stereocenters. The van der Waals surface area contributed by atoms with Gasteiger partial charge in [0.05, 0.1) is 23.6 Å². The van der Waals surface area contributed by atoms with Crippen LogP contribution >= 0.6 is 0 Å². The average Bonchev–Trinajstić information content (AvgIpc) is 3.56. The molecule has 0 aliphatic carbocycles. The minimum Gasteiger partial charge on any atom is -0.349 e. The maximum atomic E-state index is 13.8. The molecule has 0 unspecified atom stereocenters. The molecular formula is C34H40N6O2. The first-order chi connectivity index (χ1) is 20.5. The van der Waals surface area contributed by atoms with E-state index < -0.39 is 0 Å². The average molecular weight is 565 g/mol. The number of hydrogen-bond donors (Lipinski definition) is 3. The Hall–Kier alpha value is -4.43. The Kier molecular flexibility index (Phi) is 9.66. The molecule has 218 valence electrons. The van der Waals surface area contributed by atoms with E-state index in [4.69, 9.17) is 0 Å². The molecule has 3 amide bonds. The summed E-state index contributed by atoms with van der Waals surface area (Å²) in [5, 5.41) is 9.11. The number of nitrogens with one attached hydrogen (secondary N) is 3. The molecule has 0 spiro atoms. The highest BCUT2D eigenvalue weighted by molar-refractivity contribution is 6.05. The second kappa shape index (κ2) is 14.0. The molecule has 1 aliphatic heterocycles. The van der Waals surface area contributed by atoms with E-state index in [0.29, 0.717) is 17.8 Å². The molecule has 0 saturated carbocycles. The van der Waals surface area contributed by atoms with Gasteiger partial charge in [0.2, 0.25) is 0 Å². The van der Waals surface area contributed by atoms with Gasteiger partial charge in [-0.1, -0.05) is 74.0 Å². The number of carbonyl (C=O) groups is 2. The van der Waals surface area contributed by atoms with E-state index in [1.165, 1.54) is 11.1 Å². The highest BCUT2D eigenvalue weighted by Gasteiger charge is 2.29. The van der Waals surface area contributed by atoms with Crippen molar-refractivity contribution in [2.24, 2.45) is 0 Å². The molecule has 0 radical (unpaired) electrons. The number of amides is 3. The third-order valence-corrected chi connectivity index (χ3v) is 7.88. The predicted molar refractivity (Wildman–Crippen MR) is 167 cm³/mol. The van der Waals surface area contributed by atoms with Crippen LogP contribution in [0.1, 0.15) is 65.7 Å². The molecule has 4 aromatic rings. The Morgan fingerprint density at radius 2 is 1.64 bits per heavy atom. The largest absolute Gasteiger partial charge is 0.349 e. The van der Waals surface area contributed by atoms with Gasteiger partial charge in [-0.25, -0.2) is 9.78 Å². The monoisotopic (exact) mass is 564 g/mol. The van der Waals surface area contributed by atoms with Crippen molar-refractivity contribution in [3.8, 4) is 5.69 Å². The Labute approximate surface area is 248 Å². The first-order valence-corrected chi connectivity index (χ1v) is 14.9. The van der Waals surface area contributed by atoms with Crippen LogP contribution in [0.25, 0.3) is 5.69 Å². The summed E-state index contributed by atoms with van der Waals surface area (Å²) in [7, 11) is 0. The van der Waals surface area contributed by atoms with Gasteiger partial charge in [-0.2, -0.15) is 0 Å².